The number of nitrogens with one attached hydrogen (secondary N) is 1. The summed E-state index contributed by atoms with van der Waals surface area (Å²) in [5.41, 5.74) is 0. The van der Waals surface area contributed by atoms with E-state index < -0.39 is 6.10 Å². The van der Waals surface area contributed by atoms with Crippen molar-refractivity contribution in [2.75, 3.05) is 6.54 Å². The minimum Gasteiger partial charge on any atom is -0.467 e. The van der Waals surface area contributed by atoms with Crippen LogP contribution in [0.2, 0.25) is 0 Å². The quantitative estimate of drug-likeness (QED) is 0.772. The standard InChI is InChI=1S/C11H16N4O2/c1-2-15-8-13-14-11(15)7-12-6-9(16)10-4-3-5-17-10/h3-5,8-9,12,16H,2,6-7H2,1H3. The number of aromatic nitrogens is 3. The molecule has 2 rings (SSSR count). The summed E-state index contributed by atoms with van der Waals surface area (Å²) in [5, 5.41) is 20.7. The van der Waals surface area contributed by atoms with E-state index in [9.17, 15) is 5.11 Å². The first-order valence-corrected chi connectivity index (χ1v) is 5.60. The Morgan fingerprint density at radius 1 is 1.59 bits per heavy atom. The van der Waals surface area contributed by atoms with Gasteiger partial charge in [-0.2, -0.15) is 0 Å². The topological polar surface area (TPSA) is 76.1 Å². The lowest BCUT2D eigenvalue weighted by molar-refractivity contribution is 0.147. The fraction of sp³-hybridized carbons (Fsp3) is 0.455. The predicted molar refractivity (Wildman–Crippen MR) is 61.1 cm³/mol. The molecule has 1 atom stereocenters. The van der Waals surface area contributed by atoms with E-state index in [0.29, 0.717) is 18.8 Å². The number of hydrogen-bond donors (Lipinski definition) is 2. The lowest BCUT2D eigenvalue weighted by atomic mass is 10.3. The summed E-state index contributed by atoms with van der Waals surface area (Å²) >= 11 is 0. The van der Waals surface area contributed by atoms with E-state index in [4.69, 9.17) is 4.42 Å². The highest BCUT2D eigenvalue weighted by Gasteiger charge is 2.10. The molecule has 1 unspecified atom stereocenters. The Morgan fingerprint density at radius 3 is 3.18 bits per heavy atom. The van der Waals surface area contributed by atoms with Gasteiger partial charge in [0.25, 0.3) is 0 Å². The highest BCUT2D eigenvalue weighted by Crippen LogP contribution is 2.11. The van der Waals surface area contributed by atoms with Crippen molar-refractivity contribution in [2.24, 2.45) is 0 Å². The molecule has 0 aliphatic rings. The van der Waals surface area contributed by atoms with Crippen LogP contribution in [-0.4, -0.2) is 26.4 Å². The van der Waals surface area contributed by atoms with Crippen molar-refractivity contribution in [3.63, 3.8) is 0 Å². The summed E-state index contributed by atoms with van der Waals surface area (Å²) in [7, 11) is 0. The molecule has 0 saturated heterocycles. The normalized spacial score (nSPS) is 12.8. The Morgan fingerprint density at radius 2 is 2.47 bits per heavy atom. The second-order valence-electron chi connectivity index (χ2n) is 3.70. The SMILES string of the molecule is CCn1cnnc1CNCC(O)c1ccco1. The number of nitrogens with zero attached hydrogens (tertiary/aromatic N) is 3. The first kappa shape index (κ1) is 11.8. The summed E-state index contributed by atoms with van der Waals surface area (Å²) < 4.78 is 7.06. The molecule has 0 radical (unpaired) electrons. The average molecular weight is 236 g/mol. The lowest BCUT2D eigenvalue weighted by Crippen LogP contribution is -2.22. The van der Waals surface area contributed by atoms with Gasteiger partial charge in [-0.3, -0.25) is 0 Å². The monoisotopic (exact) mass is 236 g/mol. The van der Waals surface area contributed by atoms with Gasteiger partial charge in [-0.15, -0.1) is 10.2 Å². The molecule has 2 aromatic rings. The van der Waals surface area contributed by atoms with E-state index in [1.165, 1.54) is 0 Å². The zero-order valence-corrected chi connectivity index (χ0v) is 9.71. The van der Waals surface area contributed by atoms with Crippen LogP contribution in [0.4, 0.5) is 0 Å². The van der Waals surface area contributed by atoms with Gasteiger partial charge in [0.05, 0.1) is 12.8 Å². The van der Waals surface area contributed by atoms with Crippen LogP contribution in [0, 0.1) is 0 Å². The molecule has 92 valence electrons. The second-order valence-corrected chi connectivity index (χ2v) is 3.70. The van der Waals surface area contributed by atoms with E-state index in [1.54, 1.807) is 24.7 Å². The molecule has 0 aliphatic carbocycles. The number of aliphatic hydroxyl groups excluding tert-OH is 1. The molecule has 0 saturated carbocycles. The van der Waals surface area contributed by atoms with Gasteiger partial charge in [0, 0.05) is 13.1 Å². The van der Waals surface area contributed by atoms with E-state index in [2.05, 4.69) is 15.5 Å². The maximum Gasteiger partial charge on any atom is 0.146 e. The van der Waals surface area contributed by atoms with Crippen LogP contribution in [0.1, 0.15) is 24.6 Å². The van der Waals surface area contributed by atoms with Crippen LogP contribution >= 0.6 is 0 Å². The maximum atomic E-state index is 9.77. The highest BCUT2D eigenvalue weighted by molar-refractivity contribution is 5.02. The van der Waals surface area contributed by atoms with Crippen molar-refractivity contribution < 1.29 is 9.52 Å². The van der Waals surface area contributed by atoms with Crippen molar-refractivity contribution >= 4 is 0 Å². The Labute approximate surface area is 99.3 Å². The van der Waals surface area contributed by atoms with Gasteiger partial charge in [0.15, 0.2) is 0 Å². The smallest absolute Gasteiger partial charge is 0.146 e. The van der Waals surface area contributed by atoms with Crippen LogP contribution in [0.3, 0.4) is 0 Å². The Hall–Kier alpha value is -1.66. The number of furan rings is 1. The van der Waals surface area contributed by atoms with Crippen molar-refractivity contribution in [1.82, 2.24) is 20.1 Å². The van der Waals surface area contributed by atoms with Crippen LogP contribution in [0.15, 0.2) is 29.1 Å². The molecule has 2 heterocycles. The van der Waals surface area contributed by atoms with Crippen molar-refractivity contribution in [1.29, 1.82) is 0 Å². The fourth-order valence-corrected chi connectivity index (χ4v) is 1.58. The van der Waals surface area contributed by atoms with Gasteiger partial charge in [-0.1, -0.05) is 0 Å². The summed E-state index contributed by atoms with van der Waals surface area (Å²) in [6.45, 7) is 3.87. The minimum atomic E-state index is -0.636. The molecule has 6 heteroatoms. The molecule has 6 nitrogen and oxygen atoms in total. The van der Waals surface area contributed by atoms with Crippen LogP contribution < -0.4 is 5.32 Å². The van der Waals surface area contributed by atoms with Gasteiger partial charge in [-0.05, 0) is 19.1 Å². The molecule has 17 heavy (non-hydrogen) atoms. The first-order chi connectivity index (χ1) is 8.31. The molecular weight excluding hydrogens is 220 g/mol. The van der Waals surface area contributed by atoms with Gasteiger partial charge in [-0.25, -0.2) is 0 Å². The Balaban J connectivity index is 1.80. The van der Waals surface area contributed by atoms with Crippen LogP contribution in [-0.2, 0) is 13.1 Å². The summed E-state index contributed by atoms with van der Waals surface area (Å²) in [6.07, 6.45) is 2.61. The van der Waals surface area contributed by atoms with Crippen molar-refractivity contribution in [2.45, 2.75) is 26.1 Å². The van der Waals surface area contributed by atoms with E-state index in [-0.39, 0.29) is 0 Å². The molecule has 0 fully saturated rings. The molecule has 0 aromatic carbocycles. The van der Waals surface area contributed by atoms with Crippen molar-refractivity contribution in [3.8, 4) is 0 Å². The zero-order chi connectivity index (χ0) is 12.1. The number of hydrogen-bond acceptors (Lipinski definition) is 5. The Bertz CT molecular complexity index is 438. The highest BCUT2D eigenvalue weighted by atomic mass is 16.4. The van der Waals surface area contributed by atoms with Gasteiger partial charge in [0.1, 0.15) is 24.0 Å². The van der Waals surface area contributed by atoms with Crippen LogP contribution in [0.25, 0.3) is 0 Å². The first-order valence-electron chi connectivity index (χ1n) is 5.60. The second kappa shape index (κ2) is 5.60. The molecule has 2 aromatic heterocycles. The molecular formula is C11H16N4O2. The van der Waals surface area contributed by atoms with E-state index in [0.717, 1.165) is 12.4 Å². The molecule has 0 amide bonds. The van der Waals surface area contributed by atoms with Crippen LogP contribution in [0.5, 0.6) is 0 Å². The third kappa shape index (κ3) is 2.92. The van der Waals surface area contributed by atoms with Crippen molar-refractivity contribution in [3.05, 3.63) is 36.3 Å². The number of rotatable bonds is 6. The summed E-state index contributed by atoms with van der Waals surface area (Å²) in [4.78, 5) is 0. The third-order valence-electron chi connectivity index (χ3n) is 2.53. The molecule has 0 spiro atoms. The summed E-state index contributed by atoms with van der Waals surface area (Å²) in [5.74, 6) is 1.42. The number of aryl methyl sites for hydroxylation is 1. The number of aliphatic hydroxyl groups is 1. The largest absolute Gasteiger partial charge is 0.467 e. The third-order valence-corrected chi connectivity index (χ3v) is 2.53. The fourth-order valence-electron chi connectivity index (χ4n) is 1.58. The van der Waals surface area contributed by atoms with Gasteiger partial charge in [0.2, 0.25) is 0 Å². The summed E-state index contributed by atoms with van der Waals surface area (Å²) in [6, 6.07) is 3.51. The lowest BCUT2D eigenvalue weighted by Gasteiger charge is -2.09. The van der Waals surface area contributed by atoms with E-state index >= 15 is 0 Å². The molecule has 0 bridgehead atoms. The van der Waals surface area contributed by atoms with E-state index in [1.807, 2.05) is 11.5 Å². The molecule has 0 aliphatic heterocycles. The maximum absolute atomic E-state index is 9.77. The Kier molecular flexibility index (Phi) is 3.89. The molecule has 2 N–H and O–H groups in total. The van der Waals surface area contributed by atoms with Gasteiger partial charge >= 0.3 is 0 Å². The average Bonchev–Trinajstić information content (AvgIpc) is 2.99. The zero-order valence-electron chi connectivity index (χ0n) is 9.71. The minimum absolute atomic E-state index is 0.421. The predicted octanol–water partition coefficient (Wildman–Crippen LogP) is 0.714. The van der Waals surface area contributed by atoms with Gasteiger partial charge < -0.3 is 19.4 Å².